The van der Waals surface area contributed by atoms with Crippen LogP contribution in [0.2, 0.25) is 0 Å². The lowest BCUT2D eigenvalue weighted by molar-refractivity contribution is 0.202. The van der Waals surface area contributed by atoms with Crippen LogP contribution in [0, 0.1) is 11.8 Å². The molecule has 1 nitrogen and oxygen atoms in total. The molecule has 0 aromatic heterocycles. The summed E-state index contributed by atoms with van der Waals surface area (Å²) in [5.41, 5.74) is 0. The minimum absolute atomic E-state index is 0.184. The van der Waals surface area contributed by atoms with E-state index in [1.54, 1.807) is 0 Å². The lowest BCUT2D eigenvalue weighted by atomic mass is 10.0. The molecule has 1 N–H and O–H groups in total. The number of thioether (sulfide) groups is 1. The normalized spacial score (nSPS) is 43.6. The maximum Gasteiger partial charge on any atom is 0.0872 e. The van der Waals surface area contributed by atoms with Crippen LogP contribution < -0.4 is 0 Å². The van der Waals surface area contributed by atoms with Gasteiger partial charge in [-0.25, -0.2) is 0 Å². The van der Waals surface area contributed by atoms with Crippen LogP contribution in [-0.2, 0) is 0 Å². The van der Waals surface area contributed by atoms with Gasteiger partial charge in [-0.2, -0.15) is 11.8 Å². The summed E-state index contributed by atoms with van der Waals surface area (Å²) in [5, 5.41) is 10.2. The lowest BCUT2D eigenvalue weighted by Gasteiger charge is -2.19. The molecule has 0 saturated heterocycles. The highest BCUT2D eigenvalue weighted by atomic mass is 32.2. The summed E-state index contributed by atoms with van der Waals surface area (Å²) < 4.78 is 0.184. The van der Waals surface area contributed by atoms with Crippen molar-refractivity contribution in [3.05, 3.63) is 12.2 Å². The molecule has 0 aliphatic heterocycles. The molecular weight excluding hydrogens is 192 g/mol. The van der Waals surface area contributed by atoms with Gasteiger partial charge in [0.05, 0.1) is 10.9 Å². The average Bonchev–Trinajstić information content (AvgIpc) is 2.87. The number of hydrogen-bond donors (Lipinski definition) is 1. The molecule has 2 fully saturated rings. The minimum atomic E-state index is -0.226. The predicted molar refractivity (Wildman–Crippen MR) is 62.5 cm³/mol. The molecule has 0 bridgehead atoms. The smallest absolute Gasteiger partial charge is 0.0872 e. The summed E-state index contributed by atoms with van der Waals surface area (Å²) >= 11 is 1.89. The maximum absolute atomic E-state index is 10.2. The Morgan fingerprint density at radius 3 is 2.36 bits per heavy atom. The van der Waals surface area contributed by atoms with Crippen molar-refractivity contribution in [3.8, 4) is 0 Å². The van der Waals surface area contributed by atoms with Crippen molar-refractivity contribution >= 4 is 11.8 Å². The van der Waals surface area contributed by atoms with E-state index in [0.29, 0.717) is 0 Å². The van der Waals surface area contributed by atoms with Crippen LogP contribution in [0.4, 0.5) is 0 Å². The Bertz CT molecular complexity index is 224. The molecule has 3 unspecified atom stereocenters. The number of fused-ring (bicyclic) bond motifs is 1. The molecule has 2 heteroatoms. The Labute approximate surface area is 91.0 Å². The third-order valence-electron chi connectivity index (χ3n) is 4.01. The van der Waals surface area contributed by atoms with Crippen LogP contribution >= 0.6 is 11.8 Å². The van der Waals surface area contributed by atoms with Gasteiger partial charge in [0.1, 0.15) is 0 Å². The topological polar surface area (TPSA) is 20.2 Å². The van der Waals surface area contributed by atoms with E-state index in [1.807, 2.05) is 30.8 Å². The zero-order valence-corrected chi connectivity index (χ0v) is 9.89. The van der Waals surface area contributed by atoms with Gasteiger partial charge < -0.3 is 5.11 Å². The van der Waals surface area contributed by atoms with E-state index in [4.69, 9.17) is 0 Å². The number of aliphatic hydroxyl groups excluding tert-OH is 1. The first-order valence-electron chi connectivity index (χ1n) is 5.63. The van der Waals surface area contributed by atoms with E-state index < -0.39 is 0 Å². The fourth-order valence-electron chi connectivity index (χ4n) is 3.31. The molecule has 2 rings (SSSR count). The fourth-order valence-corrected chi connectivity index (χ4v) is 4.73. The van der Waals surface area contributed by atoms with Crippen molar-refractivity contribution < 1.29 is 5.11 Å². The second kappa shape index (κ2) is 3.90. The van der Waals surface area contributed by atoms with E-state index in [1.165, 1.54) is 25.7 Å². The molecule has 0 radical (unpaired) electrons. The third-order valence-corrected chi connectivity index (χ3v) is 5.56. The monoisotopic (exact) mass is 212 g/mol. The molecule has 0 heterocycles. The summed E-state index contributed by atoms with van der Waals surface area (Å²) in [4.78, 5) is 0. The first-order chi connectivity index (χ1) is 6.77. The van der Waals surface area contributed by atoms with Crippen molar-refractivity contribution in [2.75, 3.05) is 6.26 Å². The van der Waals surface area contributed by atoms with Gasteiger partial charge >= 0.3 is 0 Å². The Hall–Kier alpha value is 0.0500. The van der Waals surface area contributed by atoms with E-state index in [9.17, 15) is 5.11 Å². The molecule has 0 amide bonds. The van der Waals surface area contributed by atoms with Crippen LogP contribution in [0.15, 0.2) is 12.2 Å². The molecule has 3 atom stereocenters. The largest absolute Gasteiger partial charge is 0.388 e. The Balaban J connectivity index is 2.12. The van der Waals surface area contributed by atoms with E-state index in [-0.39, 0.29) is 10.9 Å². The molecule has 2 aliphatic carbocycles. The second-order valence-corrected chi connectivity index (χ2v) is 5.64. The minimum Gasteiger partial charge on any atom is -0.388 e. The fraction of sp³-hybridized carbons (Fsp3) is 0.833. The summed E-state index contributed by atoms with van der Waals surface area (Å²) in [5.74, 6) is 1.58. The molecule has 14 heavy (non-hydrogen) atoms. The number of aliphatic hydroxyl groups is 1. The highest BCUT2D eigenvalue weighted by Crippen LogP contribution is 2.67. The van der Waals surface area contributed by atoms with Crippen LogP contribution in [0.5, 0.6) is 0 Å². The summed E-state index contributed by atoms with van der Waals surface area (Å²) in [6, 6.07) is 0. The number of allylic oxidation sites excluding steroid dienone is 1. The van der Waals surface area contributed by atoms with E-state index in [2.05, 4.69) is 6.26 Å². The van der Waals surface area contributed by atoms with Crippen LogP contribution in [0.1, 0.15) is 32.6 Å². The van der Waals surface area contributed by atoms with Crippen molar-refractivity contribution in [2.24, 2.45) is 11.8 Å². The Kier molecular flexibility index (Phi) is 2.94. The quantitative estimate of drug-likeness (QED) is 0.726. The number of hydrogen-bond acceptors (Lipinski definition) is 2. The van der Waals surface area contributed by atoms with Gasteiger partial charge in [0, 0.05) is 0 Å². The zero-order valence-electron chi connectivity index (χ0n) is 9.07. The Morgan fingerprint density at radius 1 is 1.36 bits per heavy atom. The number of rotatable bonds is 3. The molecule has 2 aliphatic rings. The summed E-state index contributed by atoms with van der Waals surface area (Å²) in [6.07, 6.45) is 11.3. The first-order valence-corrected chi connectivity index (χ1v) is 6.86. The molecular formula is C12H20OS. The van der Waals surface area contributed by atoms with Crippen LogP contribution in [0.25, 0.3) is 0 Å². The molecule has 0 spiro atoms. The van der Waals surface area contributed by atoms with Gasteiger partial charge in [-0.15, -0.1) is 0 Å². The zero-order chi connectivity index (χ0) is 10.2. The van der Waals surface area contributed by atoms with Gasteiger partial charge in [0.25, 0.3) is 0 Å². The standard InChI is InChI=1S/C12H20OS/c1-3-6-11(13)12(14-2)9-7-4-5-8-10(9)12/h3,6,9-11,13H,4-5,7-8H2,1-2H3/b6-3+. The van der Waals surface area contributed by atoms with E-state index in [0.717, 1.165) is 11.8 Å². The SMILES string of the molecule is C/C=C/C(O)C1(SC)C2CCCCC21. The second-order valence-electron chi connectivity index (χ2n) is 4.53. The molecule has 2 saturated carbocycles. The average molecular weight is 212 g/mol. The van der Waals surface area contributed by atoms with Crippen molar-refractivity contribution in [2.45, 2.75) is 43.5 Å². The highest BCUT2D eigenvalue weighted by Gasteiger charge is 2.66. The highest BCUT2D eigenvalue weighted by molar-refractivity contribution is 8.00. The molecule has 0 aromatic rings. The van der Waals surface area contributed by atoms with Crippen molar-refractivity contribution in [1.82, 2.24) is 0 Å². The van der Waals surface area contributed by atoms with Crippen LogP contribution in [-0.4, -0.2) is 22.2 Å². The van der Waals surface area contributed by atoms with E-state index >= 15 is 0 Å². The molecule has 0 aromatic carbocycles. The Morgan fingerprint density at radius 2 is 1.93 bits per heavy atom. The summed E-state index contributed by atoms with van der Waals surface area (Å²) in [7, 11) is 0. The van der Waals surface area contributed by atoms with Gasteiger partial charge in [-0.3, -0.25) is 0 Å². The van der Waals surface area contributed by atoms with Gasteiger partial charge in [0.15, 0.2) is 0 Å². The van der Waals surface area contributed by atoms with Crippen molar-refractivity contribution in [3.63, 3.8) is 0 Å². The third kappa shape index (κ3) is 1.35. The van der Waals surface area contributed by atoms with Gasteiger partial charge in [-0.1, -0.05) is 25.0 Å². The lowest BCUT2D eigenvalue weighted by Crippen LogP contribution is -2.26. The maximum atomic E-state index is 10.2. The van der Waals surface area contributed by atoms with Gasteiger partial charge in [0.2, 0.25) is 0 Å². The molecule has 80 valence electrons. The van der Waals surface area contributed by atoms with Crippen LogP contribution in [0.3, 0.4) is 0 Å². The first kappa shape index (κ1) is 10.6. The predicted octanol–water partition coefficient (Wildman–Crippen LogP) is 2.85. The summed E-state index contributed by atoms with van der Waals surface area (Å²) in [6.45, 7) is 1.99. The van der Waals surface area contributed by atoms with Gasteiger partial charge in [-0.05, 0) is 37.9 Å². The van der Waals surface area contributed by atoms with Crippen molar-refractivity contribution in [1.29, 1.82) is 0 Å².